The maximum Gasteiger partial charge on any atom is 0.435 e. The van der Waals surface area contributed by atoms with Gasteiger partial charge in [-0.2, -0.15) is 13.2 Å². The predicted octanol–water partition coefficient (Wildman–Crippen LogP) is 4.36. The van der Waals surface area contributed by atoms with E-state index in [1.807, 2.05) is 19.1 Å². The zero-order chi connectivity index (χ0) is 14.0. The first kappa shape index (κ1) is 13.8. The Hall–Kier alpha value is -1.63. The molecule has 7 heteroatoms. The van der Waals surface area contributed by atoms with Crippen molar-refractivity contribution in [1.29, 1.82) is 0 Å². The van der Waals surface area contributed by atoms with E-state index in [-0.39, 0.29) is 5.88 Å². The van der Waals surface area contributed by atoms with Crippen molar-refractivity contribution in [2.45, 2.75) is 13.1 Å². The number of hydrogen-bond acceptors (Lipinski definition) is 3. The van der Waals surface area contributed by atoms with Crippen LogP contribution in [0.3, 0.4) is 0 Å². The van der Waals surface area contributed by atoms with Gasteiger partial charge in [0.15, 0.2) is 5.69 Å². The Bertz CT molecular complexity index is 585. The van der Waals surface area contributed by atoms with Crippen LogP contribution in [-0.2, 0) is 6.18 Å². The van der Waals surface area contributed by atoms with Crippen molar-refractivity contribution in [3.8, 4) is 11.6 Å². The number of aryl methyl sites for hydroxylation is 1. The lowest BCUT2D eigenvalue weighted by atomic mass is 10.2. The number of benzene rings is 1. The first-order valence-corrected chi connectivity index (χ1v) is 6.00. The van der Waals surface area contributed by atoms with Crippen LogP contribution in [0.25, 0.3) is 0 Å². The molecule has 3 nitrogen and oxygen atoms in total. The summed E-state index contributed by atoms with van der Waals surface area (Å²) in [5.41, 5.74) is -0.0273. The summed E-state index contributed by atoms with van der Waals surface area (Å²) in [6, 6.07) is 7.29. The molecule has 19 heavy (non-hydrogen) atoms. The van der Waals surface area contributed by atoms with Crippen molar-refractivity contribution >= 4 is 15.9 Å². The van der Waals surface area contributed by atoms with Crippen LogP contribution >= 0.6 is 15.9 Å². The van der Waals surface area contributed by atoms with Crippen LogP contribution in [0.15, 0.2) is 34.8 Å². The summed E-state index contributed by atoms with van der Waals surface area (Å²) in [6.07, 6.45) is -4.50. The number of rotatable bonds is 2. The molecule has 1 heterocycles. The summed E-state index contributed by atoms with van der Waals surface area (Å²) in [7, 11) is 0. The first-order chi connectivity index (χ1) is 8.86. The van der Waals surface area contributed by atoms with E-state index in [1.165, 1.54) is 0 Å². The Morgan fingerprint density at radius 1 is 1.11 bits per heavy atom. The summed E-state index contributed by atoms with van der Waals surface area (Å²) in [5.74, 6) is 0.456. The van der Waals surface area contributed by atoms with Gasteiger partial charge in [0.05, 0.1) is 4.47 Å². The molecule has 0 aliphatic carbocycles. The first-order valence-electron chi connectivity index (χ1n) is 5.21. The Kier molecular flexibility index (Phi) is 3.75. The molecular weight excluding hydrogens is 325 g/mol. The lowest BCUT2D eigenvalue weighted by Gasteiger charge is -2.08. The fourth-order valence-electron chi connectivity index (χ4n) is 1.33. The molecule has 0 fully saturated rings. The second-order valence-corrected chi connectivity index (χ2v) is 4.64. The van der Waals surface area contributed by atoms with Crippen molar-refractivity contribution in [1.82, 2.24) is 10.2 Å². The molecule has 1 aromatic heterocycles. The minimum atomic E-state index is -4.50. The van der Waals surface area contributed by atoms with E-state index < -0.39 is 11.9 Å². The van der Waals surface area contributed by atoms with Crippen molar-refractivity contribution in [2.75, 3.05) is 0 Å². The monoisotopic (exact) mass is 332 g/mol. The minimum absolute atomic E-state index is 0.00227. The molecule has 0 aliphatic heterocycles. The summed E-state index contributed by atoms with van der Waals surface area (Å²) >= 11 is 3.30. The molecule has 2 rings (SSSR count). The number of hydrogen-bond donors (Lipinski definition) is 0. The highest BCUT2D eigenvalue weighted by molar-refractivity contribution is 9.10. The summed E-state index contributed by atoms with van der Waals surface area (Å²) in [6.45, 7) is 1.91. The molecule has 0 aliphatic rings. The number of ether oxygens (including phenoxy) is 1. The summed E-state index contributed by atoms with van der Waals surface area (Å²) in [4.78, 5) is 0. The van der Waals surface area contributed by atoms with Gasteiger partial charge in [-0.1, -0.05) is 6.07 Å². The molecular formula is C12H8BrF3N2O. The average Bonchev–Trinajstić information content (AvgIpc) is 2.32. The highest BCUT2D eigenvalue weighted by atomic mass is 79.9. The van der Waals surface area contributed by atoms with Crippen LogP contribution in [0.4, 0.5) is 13.2 Å². The zero-order valence-electron chi connectivity index (χ0n) is 9.70. The Morgan fingerprint density at radius 3 is 2.37 bits per heavy atom. The van der Waals surface area contributed by atoms with Gasteiger partial charge in [-0.15, -0.1) is 10.2 Å². The van der Waals surface area contributed by atoms with Crippen LogP contribution in [0.2, 0.25) is 0 Å². The van der Waals surface area contributed by atoms with Crippen molar-refractivity contribution in [3.63, 3.8) is 0 Å². The zero-order valence-corrected chi connectivity index (χ0v) is 11.3. The van der Waals surface area contributed by atoms with Gasteiger partial charge in [-0.25, -0.2) is 0 Å². The second kappa shape index (κ2) is 5.16. The molecule has 0 amide bonds. The van der Waals surface area contributed by atoms with Crippen LogP contribution in [-0.4, -0.2) is 10.2 Å². The van der Waals surface area contributed by atoms with Gasteiger partial charge in [0, 0.05) is 6.07 Å². The lowest BCUT2D eigenvalue weighted by molar-refractivity contribution is -0.141. The van der Waals surface area contributed by atoms with E-state index in [0.29, 0.717) is 10.2 Å². The molecule has 0 unspecified atom stereocenters. The van der Waals surface area contributed by atoms with Gasteiger partial charge >= 0.3 is 6.18 Å². The van der Waals surface area contributed by atoms with Crippen LogP contribution in [0, 0.1) is 6.92 Å². The standard InChI is InChI=1S/C12H8BrF3N2O/c1-7-2-3-9(8(13)6-7)19-11-5-4-10(17-18-11)12(14,15)16/h2-6H,1H3. The quantitative estimate of drug-likeness (QED) is 0.819. The smallest absolute Gasteiger partial charge is 0.435 e. The molecule has 1 aromatic carbocycles. The fourth-order valence-corrected chi connectivity index (χ4v) is 1.90. The van der Waals surface area contributed by atoms with Crippen molar-refractivity contribution in [2.24, 2.45) is 0 Å². The fraction of sp³-hybridized carbons (Fsp3) is 0.167. The van der Waals surface area contributed by atoms with Crippen LogP contribution in [0.5, 0.6) is 11.6 Å². The van der Waals surface area contributed by atoms with Gasteiger partial charge in [-0.3, -0.25) is 0 Å². The average molecular weight is 333 g/mol. The van der Waals surface area contributed by atoms with Crippen molar-refractivity contribution < 1.29 is 17.9 Å². The van der Waals surface area contributed by atoms with Crippen LogP contribution in [0.1, 0.15) is 11.3 Å². The largest absolute Gasteiger partial charge is 0.436 e. The van der Waals surface area contributed by atoms with E-state index in [1.54, 1.807) is 6.07 Å². The van der Waals surface area contributed by atoms with Crippen LogP contribution < -0.4 is 4.74 Å². The van der Waals surface area contributed by atoms with E-state index in [4.69, 9.17) is 4.74 Å². The van der Waals surface area contributed by atoms with Gasteiger partial charge in [0.25, 0.3) is 0 Å². The molecule has 0 bridgehead atoms. The van der Waals surface area contributed by atoms with E-state index in [0.717, 1.165) is 17.7 Å². The highest BCUT2D eigenvalue weighted by Gasteiger charge is 2.32. The minimum Gasteiger partial charge on any atom is -0.436 e. The molecule has 0 saturated carbocycles. The summed E-state index contributed by atoms with van der Waals surface area (Å²) < 4.78 is 42.9. The van der Waals surface area contributed by atoms with E-state index in [2.05, 4.69) is 26.1 Å². The third kappa shape index (κ3) is 3.44. The number of nitrogens with zero attached hydrogens (tertiary/aromatic N) is 2. The SMILES string of the molecule is Cc1ccc(Oc2ccc(C(F)(F)F)nn2)c(Br)c1. The van der Waals surface area contributed by atoms with Crippen molar-refractivity contribution in [3.05, 3.63) is 46.1 Å². The molecule has 0 atom stereocenters. The Labute approximate surface area is 115 Å². The molecule has 0 saturated heterocycles. The highest BCUT2D eigenvalue weighted by Crippen LogP contribution is 2.31. The third-order valence-electron chi connectivity index (χ3n) is 2.23. The number of halogens is 4. The van der Waals surface area contributed by atoms with Gasteiger partial charge in [0.1, 0.15) is 5.75 Å². The van der Waals surface area contributed by atoms with Gasteiger partial charge in [0.2, 0.25) is 5.88 Å². The molecule has 0 spiro atoms. The van der Waals surface area contributed by atoms with E-state index in [9.17, 15) is 13.2 Å². The predicted molar refractivity (Wildman–Crippen MR) is 66.0 cm³/mol. The molecule has 0 N–H and O–H groups in total. The maximum absolute atomic E-state index is 12.3. The van der Waals surface area contributed by atoms with E-state index >= 15 is 0 Å². The maximum atomic E-state index is 12.3. The molecule has 100 valence electrons. The normalized spacial score (nSPS) is 11.4. The molecule has 2 aromatic rings. The topological polar surface area (TPSA) is 35.0 Å². The molecule has 0 radical (unpaired) electrons. The van der Waals surface area contributed by atoms with Gasteiger partial charge < -0.3 is 4.74 Å². The number of aromatic nitrogens is 2. The Morgan fingerprint density at radius 2 is 1.84 bits per heavy atom. The Balaban J connectivity index is 2.20. The lowest BCUT2D eigenvalue weighted by Crippen LogP contribution is -2.08. The second-order valence-electron chi connectivity index (χ2n) is 3.79. The summed E-state index contributed by atoms with van der Waals surface area (Å²) in [5, 5.41) is 6.47. The van der Waals surface area contributed by atoms with Gasteiger partial charge in [-0.05, 0) is 46.6 Å². The third-order valence-corrected chi connectivity index (χ3v) is 2.85. The number of alkyl halides is 3.